The zero-order chi connectivity index (χ0) is 15.0. The van der Waals surface area contributed by atoms with Crippen molar-refractivity contribution < 1.29 is 9.47 Å². The van der Waals surface area contributed by atoms with E-state index in [9.17, 15) is 0 Å². The number of benzene rings is 1. The van der Waals surface area contributed by atoms with Gasteiger partial charge in [0.1, 0.15) is 5.60 Å². The molecule has 0 radical (unpaired) electrons. The van der Waals surface area contributed by atoms with Gasteiger partial charge >= 0.3 is 0 Å². The number of nitrogens with zero attached hydrogens (tertiary/aromatic N) is 1. The molecule has 0 spiro atoms. The number of hydrogen-bond acceptors (Lipinski definition) is 3. The summed E-state index contributed by atoms with van der Waals surface area (Å²) >= 11 is 11.8. The van der Waals surface area contributed by atoms with Crippen molar-refractivity contribution in [2.45, 2.75) is 31.7 Å². The van der Waals surface area contributed by atoms with Crippen molar-refractivity contribution in [3.05, 3.63) is 46.6 Å². The van der Waals surface area contributed by atoms with E-state index in [2.05, 4.69) is 24.9 Å². The Morgan fingerprint density at radius 3 is 2.95 bits per heavy atom. The molecule has 3 rings (SSSR count). The van der Waals surface area contributed by atoms with Crippen LogP contribution in [0, 0.1) is 0 Å². The van der Waals surface area contributed by atoms with Crippen molar-refractivity contribution >= 4 is 23.2 Å². The molecule has 110 valence electrons. The van der Waals surface area contributed by atoms with Gasteiger partial charge in [0, 0.05) is 30.1 Å². The highest BCUT2D eigenvalue weighted by molar-refractivity contribution is 6.32. The van der Waals surface area contributed by atoms with E-state index in [1.165, 1.54) is 0 Å². The molecule has 3 nitrogen and oxygen atoms in total. The molecule has 0 atom stereocenters. The Labute approximate surface area is 133 Å². The fourth-order valence-corrected chi connectivity index (χ4v) is 2.86. The lowest BCUT2D eigenvalue weighted by molar-refractivity contribution is 0.135. The minimum atomic E-state index is -0.212. The van der Waals surface area contributed by atoms with Gasteiger partial charge in [0.05, 0.1) is 5.02 Å². The first-order valence-electron chi connectivity index (χ1n) is 6.68. The summed E-state index contributed by atoms with van der Waals surface area (Å²) in [4.78, 5) is 4.18. The van der Waals surface area contributed by atoms with Gasteiger partial charge < -0.3 is 9.47 Å². The standard InChI is InChI=1S/C16H15Cl2NO2/c1-16(2)7-10-4-3-5-13(15(10)21-16)20-14-6-11(8-17)12(18)9-19-14/h3-6,9H,7-8H2,1-2H3. The molecular weight excluding hydrogens is 309 g/mol. The number of ether oxygens (including phenoxy) is 2. The first kappa shape index (κ1) is 14.5. The number of rotatable bonds is 3. The molecule has 21 heavy (non-hydrogen) atoms. The molecule has 0 bridgehead atoms. The molecule has 2 aromatic rings. The number of para-hydroxylation sites is 1. The number of pyridine rings is 1. The summed E-state index contributed by atoms with van der Waals surface area (Å²) in [5.41, 5.74) is 1.72. The summed E-state index contributed by atoms with van der Waals surface area (Å²) in [6, 6.07) is 7.62. The summed E-state index contributed by atoms with van der Waals surface area (Å²) in [7, 11) is 0. The van der Waals surface area contributed by atoms with Gasteiger partial charge in [0.25, 0.3) is 0 Å². The molecule has 0 fully saturated rings. The monoisotopic (exact) mass is 323 g/mol. The lowest BCUT2D eigenvalue weighted by atomic mass is 10.0. The highest BCUT2D eigenvalue weighted by Crippen LogP contribution is 2.43. The Morgan fingerprint density at radius 2 is 2.19 bits per heavy atom. The van der Waals surface area contributed by atoms with Crippen LogP contribution < -0.4 is 9.47 Å². The number of hydrogen-bond donors (Lipinski definition) is 0. The van der Waals surface area contributed by atoms with E-state index in [1.54, 1.807) is 12.3 Å². The van der Waals surface area contributed by atoms with Crippen LogP contribution in [0.3, 0.4) is 0 Å². The molecule has 0 saturated carbocycles. The van der Waals surface area contributed by atoms with E-state index >= 15 is 0 Å². The van der Waals surface area contributed by atoms with Gasteiger partial charge in [0.15, 0.2) is 11.5 Å². The van der Waals surface area contributed by atoms with Gasteiger partial charge in [-0.3, -0.25) is 0 Å². The summed E-state index contributed by atoms with van der Waals surface area (Å²) < 4.78 is 11.8. The largest absolute Gasteiger partial charge is 0.483 e. The highest BCUT2D eigenvalue weighted by Gasteiger charge is 2.32. The van der Waals surface area contributed by atoms with Crippen molar-refractivity contribution in [1.82, 2.24) is 4.98 Å². The second kappa shape index (κ2) is 5.39. The van der Waals surface area contributed by atoms with E-state index in [0.29, 0.717) is 22.5 Å². The minimum Gasteiger partial charge on any atom is -0.483 e. The molecule has 5 heteroatoms. The van der Waals surface area contributed by atoms with Gasteiger partial charge in [-0.05, 0) is 25.5 Å². The van der Waals surface area contributed by atoms with Crippen LogP contribution in [0.4, 0.5) is 0 Å². The second-order valence-electron chi connectivity index (χ2n) is 5.63. The third-order valence-electron chi connectivity index (χ3n) is 3.32. The first-order chi connectivity index (χ1) is 9.98. The zero-order valence-corrected chi connectivity index (χ0v) is 13.3. The summed E-state index contributed by atoms with van der Waals surface area (Å²) in [5.74, 6) is 2.21. The Kier molecular flexibility index (Phi) is 3.72. The predicted molar refractivity (Wildman–Crippen MR) is 83.7 cm³/mol. The molecule has 0 aliphatic carbocycles. The normalized spacial score (nSPS) is 15.4. The number of aromatic nitrogens is 1. The Bertz CT molecular complexity index is 686. The number of halogens is 2. The molecule has 0 N–H and O–H groups in total. The van der Waals surface area contributed by atoms with Crippen LogP contribution >= 0.6 is 23.2 Å². The summed E-state index contributed by atoms with van der Waals surface area (Å²) in [5, 5.41) is 0.535. The van der Waals surface area contributed by atoms with Crippen LogP contribution in [0.25, 0.3) is 0 Å². The van der Waals surface area contributed by atoms with Crippen LogP contribution in [-0.2, 0) is 12.3 Å². The Hall–Kier alpha value is -1.45. The molecule has 1 aliphatic rings. The minimum absolute atomic E-state index is 0.212. The smallest absolute Gasteiger partial charge is 0.219 e. The first-order valence-corrected chi connectivity index (χ1v) is 7.59. The van der Waals surface area contributed by atoms with Crippen molar-refractivity contribution in [3.63, 3.8) is 0 Å². The topological polar surface area (TPSA) is 31.4 Å². The maximum Gasteiger partial charge on any atom is 0.219 e. The van der Waals surface area contributed by atoms with E-state index < -0.39 is 0 Å². The van der Waals surface area contributed by atoms with E-state index in [0.717, 1.165) is 23.3 Å². The molecule has 2 heterocycles. The van der Waals surface area contributed by atoms with Crippen molar-refractivity contribution in [2.24, 2.45) is 0 Å². The lowest BCUT2D eigenvalue weighted by Gasteiger charge is -2.18. The van der Waals surface area contributed by atoms with E-state index in [4.69, 9.17) is 32.7 Å². The van der Waals surface area contributed by atoms with Gasteiger partial charge in [0.2, 0.25) is 5.88 Å². The maximum atomic E-state index is 6.00. The Morgan fingerprint density at radius 1 is 1.38 bits per heavy atom. The third-order valence-corrected chi connectivity index (χ3v) is 3.95. The second-order valence-corrected chi connectivity index (χ2v) is 6.31. The molecule has 1 aliphatic heterocycles. The molecule has 1 aromatic carbocycles. The van der Waals surface area contributed by atoms with Gasteiger partial charge in [-0.15, -0.1) is 11.6 Å². The third kappa shape index (κ3) is 2.94. The highest BCUT2D eigenvalue weighted by atomic mass is 35.5. The SMILES string of the molecule is CC1(C)Cc2cccc(Oc3cc(CCl)c(Cl)cn3)c2O1. The molecule has 0 unspecified atom stereocenters. The maximum absolute atomic E-state index is 6.00. The van der Waals surface area contributed by atoms with Crippen molar-refractivity contribution in [2.75, 3.05) is 0 Å². The van der Waals surface area contributed by atoms with Gasteiger partial charge in [-0.25, -0.2) is 4.98 Å². The zero-order valence-electron chi connectivity index (χ0n) is 11.8. The number of fused-ring (bicyclic) bond motifs is 1. The quantitative estimate of drug-likeness (QED) is 0.746. The predicted octanol–water partition coefficient (Wildman–Crippen LogP) is 4.98. The van der Waals surface area contributed by atoms with Crippen LogP contribution in [0.1, 0.15) is 25.0 Å². The average Bonchev–Trinajstić information content (AvgIpc) is 2.76. The molecule has 0 amide bonds. The number of alkyl halides is 1. The molecule has 0 saturated heterocycles. The van der Waals surface area contributed by atoms with Gasteiger partial charge in [-0.1, -0.05) is 23.7 Å². The summed E-state index contributed by atoms with van der Waals surface area (Å²) in [6.45, 7) is 4.12. The van der Waals surface area contributed by atoms with E-state index in [-0.39, 0.29) is 5.60 Å². The van der Waals surface area contributed by atoms with Crippen molar-refractivity contribution in [3.8, 4) is 17.4 Å². The van der Waals surface area contributed by atoms with Crippen LogP contribution in [0.15, 0.2) is 30.5 Å². The molecular formula is C16H15Cl2NO2. The van der Waals surface area contributed by atoms with Crippen LogP contribution in [0.5, 0.6) is 17.4 Å². The molecule has 1 aromatic heterocycles. The lowest BCUT2D eigenvalue weighted by Crippen LogP contribution is -2.24. The summed E-state index contributed by atoms with van der Waals surface area (Å²) in [6.07, 6.45) is 2.41. The van der Waals surface area contributed by atoms with Crippen LogP contribution in [-0.4, -0.2) is 10.6 Å². The average molecular weight is 324 g/mol. The fraction of sp³-hybridized carbons (Fsp3) is 0.312. The van der Waals surface area contributed by atoms with Gasteiger partial charge in [-0.2, -0.15) is 0 Å². The Balaban J connectivity index is 1.92. The fourth-order valence-electron chi connectivity index (χ4n) is 2.40. The van der Waals surface area contributed by atoms with E-state index in [1.807, 2.05) is 12.1 Å². The van der Waals surface area contributed by atoms with Crippen LogP contribution in [0.2, 0.25) is 5.02 Å². The van der Waals surface area contributed by atoms with Crippen molar-refractivity contribution in [1.29, 1.82) is 0 Å².